The number of carbonyl (C=O) groups excluding carboxylic acids is 1. The second-order valence-electron chi connectivity index (χ2n) is 2.80. The molecule has 0 saturated carbocycles. The van der Waals surface area contributed by atoms with Crippen molar-refractivity contribution in [3.05, 3.63) is 28.8 Å². The Morgan fingerprint density at radius 2 is 2.33 bits per heavy atom. The van der Waals surface area contributed by atoms with Gasteiger partial charge in [0.2, 0.25) is 5.91 Å². The van der Waals surface area contributed by atoms with E-state index in [1.54, 1.807) is 18.2 Å². The van der Waals surface area contributed by atoms with Crippen molar-refractivity contribution in [3.8, 4) is 6.07 Å². The summed E-state index contributed by atoms with van der Waals surface area (Å²) in [6, 6.07) is 6.69. The third-order valence-corrected chi connectivity index (χ3v) is 2.05. The molecule has 0 heterocycles. The number of nitrogens with one attached hydrogen (secondary N) is 1. The molecule has 1 aromatic rings. The molecule has 1 rings (SSSR count). The molecular weight excluding hydrogens is 216 g/mol. The van der Waals surface area contributed by atoms with Crippen LogP contribution in [0.2, 0.25) is 5.02 Å². The highest BCUT2D eigenvalue weighted by Crippen LogP contribution is 2.23. The van der Waals surface area contributed by atoms with E-state index in [0.717, 1.165) is 0 Å². The third kappa shape index (κ3) is 2.94. The van der Waals surface area contributed by atoms with Crippen molar-refractivity contribution in [1.82, 2.24) is 0 Å². The van der Waals surface area contributed by atoms with E-state index < -0.39 is 0 Å². The van der Waals surface area contributed by atoms with E-state index in [0.29, 0.717) is 10.7 Å². The van der Waals surface area contributed by atoms with Crippen LogP contribution in [0.5, 0.6) is 0 Å². The van der Waals surface area contributed by atoms with Crippen LogP contribution in [0, 0.1) is 11.3 Å². The van der Waals surface area contributed by atoms with Crippen LogP contribution < -0.4 is 5.32 Å². The first-order chi connectivity index (χ1) is 7.19. The molecule has 0 aliphatic carbocycles. The first kappa shape index (κ1) is 11.5. The van der Waals surface area contributed by atoms with Crippen molar-refractivity contribution in [1.29, 1.82) is 5.26 Å². The van der Waals surface area contributed by atoms with Gasteiger partial charge >= 0.3 is 0 Å². The number of aliphatic hydroxyl groups is 1. The number of aliphatic hydroxyl groups excluding tert-OH is 1. The van der Waals surface area contributed by atoms with Crippen molar-refractivity contribution < 1.29 is 9.90 Å². The van der Waals surface area contributed by atoms with E-state index in [-0.39, 0.29) is 24.5 Å². The lowest BCUT2D eigenvalue weighted by Crippen LogP contribution is -2.13. The molecule has 1 amide bonds. The molecule has 0 aliphatic heterocycles. The predicted molar refractivity (Wildman–Crippen MR) is 56.5 cm³/mol. The van der Waals surface area contributed by atoms with Gasteiger partial charge in [0.05, 0.1) is 29.3 Å². The maximum Gasteiger partial charge on any atom is 0.226 e. The summed E-state index contributed by atoms with van der Waals surface area (Å²) in [5.41, 5.74) is 0.592. The highest BCUT2D eigenvalue weighted by Gasteiger charge is 2.08. The van der Waals surface area contributed by atoms with E-state index in [2.05, 4.69) is 5.32 Å². The maximum absolute atomic E-state index is 11.2. The van der Waals surface area contributed by atoms with Crippen molar-refractivity contribution in [2.45, 2.75) is 6.42 Å². The smallest absolute Gasteiger partial charge is 0.226 e. The van der Waals surface area contributed by atoms with Crippen LogP contribution in [-0.2, 0) is 4.79 Å². The van der Waals surface area contributed by atoms with Crippen molar-refractivity contribution in [3.63, 3.8) is 0 Å². The lowest BCUT2D eigenvalue weighted by Gasteiger charge is -2.06. The minimum atomic E-state index is -0.351. The van der Waals surface area contributed by atoms with Gasteiger partial charge in [0.15, 0.2) is 0 Å². The molecule has 0 aromatic heterocycles. The topological polar surface area (TPSA) is 73.1 Å². The molecule has 0 aliphatic rings. The number of benzene rings is 1. The number of nitrogens with zero attached hydrogens (tertiary/aromatic N) is 1. The van der Waals surface area contributed by atoms with E-state index in [9.17, 15) is 4.79 Å². The Kier molecular flexibility index (Phi) is 4.10. The summed E-state index contributed by atoms with van der Waals surface area (Å²) in [7, 11) is 0. The lowest BCUT2D eigenvalue weighted by atomic mass is 10.2. The molecular formula is C10H9ClN2O2. The van der Waals surface area contributed by atoms with Crippen LogP contribution in [-0.4, -0.2) is 17.6 Å². The zero-order chi connectivity index (χ0) is 11.3. The third-order valence-electron chi connectivity index (χ3n) is 1.74. The number of rotatable bonds is 3. The van der Waals surface area contributed by atoms with E-state index >= 15 is 0 Å². The summed E-state index contributed by atoms with van der Waals surface area (Å²) in [6.45, 7) is -0.228. The average molecular weight is 225 g/mol. The molecule has 2 N–H and O–H groups in total. The Balaban J connectivity index is 2.91. The molecule has 0 saturated heterocycles. The lowest BCUT2D eigenvalue weighted by molar-refractivity contribution is -0.116. The SMILES string of the molecule is N#Cc1c(Cl)cccc1NC(=O)CCO. The van der Waals surface area contributed by atoms with Gasteiger partial charge in [-0.2, -0.15) is 5.26 Å². The van der Waals surface area contributed by atoms with Crippen molar-refractivity contribution in [2.75, 3.05) is 11.9 Å². The van der Waals surface area contributed by atoms with Crippen LogP contribution in [0.3, 0.4) is 0 Å². The number of amides is 1. The standard InChI is InChI=1S/C10H9ClN2O2/c11-8-2-1-3-9(7(8)6-12)13-10(15)4-5-14/h1-3,14H,4-5H2,(H,13,15). The summed E-state index contributed by atoms with van der Waals surface area (Å²) >= 11 is 5.77. The van der Waals surface area contributed by atoms with Gasteiger partial charge < -0.3 is 10.4 Å². The van der Waals surface area contributed by atoms with Crippen LogP contribution in [0.4, 0.5) is 5.69 Å². The number of hydrogen-bond acceptors (Lipinski definition) is 3. The first-order valence-electron chi connectivity index (χ1n) is 4.28. The number of nitriles is 1. The Morgan fingerprint density at radius 3 is 2.93 bits per heavy atom. The zero-order valence-electron chi connectivity index (χ0n) is 7.83. The van der Waals surface area contributed by atoms with E-state index in [1.807, 2.05) is 6.07 Å². The molecule has 5 heteroatoms. The maximum atomic E-state index is 11.2. The first-order valence-corrected chi connectivity index (χ1v) is 4.66. The zero-order valence-corrected chi connectivity index (χ0v) is 8.58. The summed E-state index contributed by atoms with van der Waals surface area (Å²) in [6.07, 6.45) is -0.00260. The summed E-state index contributed by atoms with van der Waals surface area (Å²) in [5.74, 6) is -0.351. The number of hydrogen-bond donors (Lipinski definition) is 2. The molecule has 0 radical (unpaired) electrons. The largest absolute Gasteiger partial charge is 0.396 e. The molecule has 0 spiro atoms. The van der Waals surface area contributed by atoms with E-state index in [4.69, 9.17) is 22.0 Å². The van der Waals surface area contributed by atoms with Gasteiger partial charge in [0.1, 0.15) is 6.07 Å². The molecule has 0 bridgehead atoms. The van der Waals surface area contributed by atoms with Crippen LogP contribution in [0.15, 0.2) is 18.2 Å². The van der Waals surface area contributed by atoms with Gasteiger partial charge in [0, 0.05) is 0 Å². The fourth-order valence-electron chi connectivity index (χ4n) is 1.06. The summed E-state index contributed by atoms with van der Waals surface area (Å²) < 4.78 is 0. The monoisotopic (exact) mass is 224 g/mol. The number of anilines is 1. The van der Waals surface area contributed by atoms with Crippen LogP contribution >= 0.6 is 11.6 Å². The van der Waals surface area contributed by atoms with Crippen LogP contribution in [0.1, 0.15) is 12.0 Å². The molecule has 0 atom stereocenters. The van der Waals surface area contributed by atoms with Gasteiger partial charge in [0.25, 0.3) is 0 Å². The fourth-order valence-corrected chi connectivity index (χ4v) is 1.27. The van der Waals surface area contributed by atoms with Gasteiger partial charge in [-0.3, -0.25) is 4.79 Å². The van der Waals surface area contributed by atoms with Gasteiger partial charge in [-0.25, -0.2) is 0 Å². The minimum Gasteiger partial charge on any atom is -0.396 e. The number of carbonyl (C=O) groups is 1. The van der Waals surface area contributed by atoms with Gasteiger partial charge in [-0.1, -0.05) is 17.7 Å². The van der Waals surface area contributed by atoms with Crippen LogP contribution in [0.25, 0.3) is 0 Å². The Labute approximate surface area is 92.1 Å². The molecule has 4 nitrogen and oxygen atoms in total. The molecule has 0 unspecified atom stereocenters. The quantitative estimate of drug-likeness (QED) is 0.818. The molecule has 15 heavy (non-hydrogen) atoms. The summed E-state index contributed by atoms with van der Waals surface area (Å²) in [4.78, 5) is 11.2. The van der Waals surface area contributed by atoms with Crippen molar-refractivity contribution in [2.24, 2.45) is 0 Å². The Hall–Kier alpha value is -1.57. The summed E-state index contributed by atoms with van der Waals surface area (Å²) in [5, 5.41) is 20.1. The van der Waals surface area contributed by atoms with E-state index in [1.165, 1.54) is 0 Å². The Bertz CT molecular complexity index is 412. The second kappa shape index (κ2) is 5.35. The fraction of sp³-hybridized carbons (Fsp3) is 0.200. The molecule has 1 aromatic carbocycles. The van der Waals surface area contributed by atoms with Gasteiger partial charge in [-0.05, 0) is 12.1 Å². The minimum absolute atomic E-state index is 0.00260. The normalized spacial score (nSPS) is 9.40. The predicted octanol–water partition coefficient (Wildman–Crippen LogP) is 1.53. The second-order valence-corrected chi connectivity index (χ2v) is 3.20. The highest BCUT2D eigenvalue weighted by molar-refractivity contribution is 6.32. The van der Waals surface area contributed by atoms with Crippen molar-refractivity contribution >= 4 is 23.2 Å². The van der Waals surface area contributed by atoms with Gasteiger partial charge in [-0.15, -0.1) is 0 Å². The average Bonchev–Trinajstić information content (AvgIpc) is 2.18. The Morgan fingerprint density at radius 1 is 1.60 bits per heavy atom. The number of halogens is 1. The molecule has 78 valence electrons. The molecule has 0 fully saturated rings. The highest BCUT2D eigenvalue weighted by atomic mass is 35.5.